The van der Waals surface area contributed by atoms with Gasteiger partial charge in [0.1, 0.15) is 0 Å². The molecule has 4 heteroatoms. The Kier molecular flexibility index (Phi) is 4.47. The van der Waals surface area contributed by atoms with Gasteiger partial charge < -0.3 is 9.64 Å². The number of esters is 1. The second-order valence-corrected chi connectivity index (χ2v) is 6.57. The summed E-state index contributed by atoms with van der Waals surface area (Å²) in [7, 11) is 0. The Morgan fingerprint density at radius 1 is 0.926 bits per heavy atom. The number of ether oxygens (including phenoxy) is 1. The van der Waals surface area contributed by atoms with E-state index in [1.54, 1.807) is 29.2 Å². The van der Waals surface area contributed by atoms with Crippen molar-refractivity contribution in [3.8, 4) is 0 Å². The highest BCUT2D eigenvalue weighted by atomic mass is 16.5. The van der Waals surface area contributed by atoms with Crippen molar-refractivity contribution >= 4 is 17.6 Å². The van der Waals surface area contributed by atoms with Gasteiger partial charge in [-0.1, -0.05) is 66.7 Å². The van der Waals surface area contributed by atoms with Gasteiger partial charge in [0.2, 0.25) is 6.10 Å². The van der Waals surface area contributed by atoms with Crippen molar-refractivity contribution in [1.29, 1.82) is 0 Å². The third-order valence-corrected chi connectivity index (χ3v) is 4.73. The van der Waals surface area contributed by atoms with E-state index >= 15 is 0 Å². The molecule has 0 saturated heterocycles. The second-order valence-electron chi connectivity index (χ2n) is 6.57. The summed E-state index contributed by atoms with van der Waals surface area (Å²) in [6, 6.07) is 24.2. The summed E-state index contributed by atoms with van der Waals surface area (Å²) in [4.78, 5) is 27.4. The molecular weight excluding hydrogens is 338 g/mol. The Hall–Kier alpha value is -3.40. The molecule has 1 atom stereocenters. The van der Waals surface area contributed by atoms with Crippen molar-refractivity contribution in [3.63, 3.8) is 0 Å². The summed E-state index contributed by atoms with van der Waals surface area (Å²) < 4.78 is 5.63. The van der Waals surface area contributed by atoms with Crippen LogP contribution in [0.15, 0.2) is 78.9 Å². The molecule has 0 spiro atoms. The monoisotopic (exact) mass is 357 g/mol. The number of rotatable bonds is 4. The lowest BCUT2D eigenvalue weighted by atomic mass is 10.1. The van der Waals surface area contributed by atoms with E-state index in [9.17, 15) is 9.59 Å². The van der Waals surface area contributed by atoms with E-state index in [0.717, 1.165) is 22.4 Å². The van der Waals surface area contributed by atoms with Gasteiger partial charge in [-0.05, 0) is 30.2 Å². The minimum absolute atomic E-state index is 0.215. The Labute approximate surface area is 158 Å². The van der Waals surface area contributed by atoms with Gasteiger partial charge in [0.15, 0.2) is 0 Å². The summed E-state index contributed by atoms with van der Waals surface area (Å²) in [5.41, 5.74) is 4.00. The molecule has 4 nitrogen and oxygen atoms in total. The normalized spacial score (nSPS) is 15.5. The maximum Gasteiger partial charge on any atom is 0.339 e. The molecule has 0 fully saturated rings. The first-order valence-electron chi connectivity index (χ1n) is 8.86. The molecule has 0 N–H and O–H groups in total. The summed E-state index contributed by atoms with van der Waals surface area (Å²) in [6.45, 7) is 2.41. The zero-order valence-corrected chi connectivity index (χ0v) is 15.0. The van der Waals surface area contributed by atoms with Crippen molar-refractivity contribution in [2.45, 2.75) is 19.6 Å². The third kappa shape index (κ3) is 3.22. The predicted octanol–water partition coefficient (Wildman–Crippen LogP) is 4.44. The first-order chi connectivity index (χ1) is 13.1. The van der Waals surface area contributed by atoms with E-state index in [1.807, 2.05) is 61.5 Å². The SMILES string of the molecule is Cc1cccc2c1N(Cc1ccccc1)C(=O)C2OC(=O)c1ccccc1. The summed E-state index contributed by atoms with van der Waals surface area (Å²) in [5.74, 6) is -0.713. The van der Waals surface area contributed by atoms with E-state index in [-0.39, 0.29) is 5.91 Å². The van der Waals surface area contributed by atoms with Crippen molar-refractivity contribution in [2.75, 3.05) is 4.90 Å². The van der Waals surface area contributed by atoms with E-state index in [1.165, 1.54) is 0 Å². The van der Waals surface area contributed by atoms with Gasteiger partial charge in [-0.2, -0.15) is 0 Å². The number of nitrogens with zero attached hydrogens (tertiary/aromatic N) is 1. The molecule has 134 valence electrons. The highest BCUT2D eigenvalue weighted by Crippen LogP contribution is 2.41. The zero-order chi connectivity index (χ0) is 18.8. The molecule has 0 radical (unpaired) electrons. The topological polar surface area (TPSA) is 46.6 Å². The molecule has 3 aromatic rings. The second kappa shape index (κ2) is 7.08. The largest absolute Gasteiger partial charge is 0.444 e. The highest BCUT2D eigenvalue weighted by Gasteiger charge is 2.40. The Morgan fingerprint density at radius 3 is 2.30 bits per heavy atom. The van der Waals surface area contributed by atoms with Crippen LogP contribution < -0.4 is 4.90 Å². The fourth-order valence-electron chi connectivity index (χ4n) is 3.43. The maximum absolute atomic E-state index is 13.1. The van der Waals surface area contributed by atoms with Crippen LogP contribution in [0.3, 0.4) is 0 Å². The summed E-state index contributed by atoms with van der Waals surface area (Å²) in [5, 5.41) is 0. The number of carbonyl (C=O) groups is 2. The molecule has 4 rings (SSSR count). The predicted molar refractivity (Wildman–Crippen MR) is 103 cm³/mol. The number of hydrogen-bond donors (Lipinski definition) is 0. The number of hydrogen-bond acceptors (Lipinski definition) is 3. The lowest BCUT2D eigenvalue weighted by Gasteiger charge is -2.19. The Balaban J connectivity index is 1.67. The molecule has 0 bridgehead atoms. The van der Waals surface area contributed by atoms with E-state index in [0.29, 0.717) is 12.1 Å². The molecule has 0 aromatic heterocycles. The molecule has 1 amide bonds. The van der Waals surface area contributed by atoms with Gasteiger partial charge in [0.25, 0.3) is 5.91 Å². The van der Waals surface area contributed by atoms with Crippen LogP contribution in [-0.4, -0.2) is 11.9 Å². The number of para-hydroxylation sites is 1. The number of aryl methyl sites for hydroxylation is 1. The van der Waals surface area contributed by atoms with Gasteiger partial charge in [0.05, 0.1) is 17.8 Å². The van der Waals surface area contributed by atoms with E-state index in [2.05, 4.69) is 0 Å². The van der Waals surface area contributed by atoms with Crippen LogP contribution in [0.4, 0.5) is 5.69 Å². The van der Waals surface area contributed by atoms with Crippen LogP contribution in [0, 0.1) is 6.92 Å². The van der Waals surface area contributed by atoms with Crippen LogP contribution in [-0.2, 0) is 16.1 Å². The van der Waals surface area contributed by atoms with Crippen LogP contribution in [0.5, 0.6) is 0 Å². The number of anilines is 1. The van der Waals surface area contributed by atoms with Gasteiger partial charge in [-0.3, -0.25) is 4.79 Å². The van der Waals surface area contributed by atoms with Gasteiger partial charge in [0, 0.05) is 5.56 Å². The lowest BCUT2D eigenvalue weighted by Crippen LogP contribution is -2.30. The summed E-state index contributed by atoms with van der Waals surface area (Å²) in [6.07, 6.45) is -0.920. The molecule has 0 aliphatic carbocycles. The van der Waals surface area contributed by atoms with Crippen molar-refractivity contribution in [3.05, 3.63) is 101 Å². The molecular formula is C23H19NO3. The number of amides is 1. The number of benzene rings is 3. The lowest BCUT2D eigenvalue weighted by molar-refractivity contribution is -0.126. The third-order valence-electron chi connectivity index (χ3n) is 4.73. The van der Waals surface area contributed by atoms with E-state index in [4.69, 9.17) is 4.74 Å². The molecule has 0 saturated carbocycles. The average molecular weight is 357 g/mol. The van der Waals surface area contributed by atoms with E-state index < -0.39 is 12.1 Å². The number of fused-ring (bicyclic) bond motifs is 1. The average Bonchev–Trinajstić information content (AvgIpc) is 2.96. The molecule has 27 heavy (non-hydrogen) atoms. The van der Waals surface area contributed by atoms with Crippen LogP contribution in [0.25, 0.3) is 0 Å². The molecule has 1 aliphatic heterocycles. The van der Waals surface area contributed by atoms with Crippen molar-refractivity contribution in [1.82, 2.24) is 0 Å². The molecule has 1 unspecified atom stereocenters. The molecule has 3 aromatic carbocycles. The van der Waals surface area contributed by atoms with Gasteiger partial charge in [-0.15, -0.1) is 0 Å². The zero-order valence-electron chi connectivity index (χ0n) is 15.0. The molecule has 1 heterocycles. The quantitative estimate of drug-likeness (QED) is 0.649. The van der Waals surface area contributed by atoms with Crippen molar-refractivity contribution in [2.24, 2.45) is 0 Å². The van der Waals surface area contributed by atoms with Gasteiger partial charge >= 0.3 is 5.97 Å². The summed E-state index contributed by atoms with van der Waals surface area (Å²) >= 11 is 0. The first kappa shape index (κ1) is 17.0. The minimum Gasteiger partial charge on any atom is -0.444 e. The standard InChI is InChI=1S/C23H19NO3/c1-16-9-8-14-19-20(16)24(15-17-10-4-2-5-11-17)22(25)21(19)27-23(26)18-12-6-3-7-13-18/h2-14,21H,15H2,1H3. The maximum atomic E-state index is 13.1. The van der Waals surface area contributed by atoms with Crippen molar-refractivity contribution < 1.29 is 14.3 Å². The Bertz CT molecular complexity index is 983. The smallest absolute Gasteiger partial charge is 0.339 e. The van der Waals surface area contributed by atoms with Crippen LogP contribution >= 0.6 is 0 Å². The first-order valence-corrected chi connectivity index (χ1v) is 8.86. The minimum atomic E-state index is -0.920. The van der Waals surface area contributed by atoms with Gasteiger partial charge in [-0.25, -0.2) is 4.79 Å². The highest BCUT2D eigenvalue weighted by molar-refractivity contribution is 6.06. The fraction of sp³-hybridized carbons (Fsp3) is 0.130. The Morgan fingerprint density at radius 2 is 1.59 bits per heavy atom. The van der Waals surface area contributed by atoms with Crippen LogP contribution in [0.2, 0.25) is 0 Å². The number of carbonyl (C=O) groups excluding carboxylic acids is 2. The van der Waals surface area contributed by atoms with Crippen LogP contribution in [0.1, 0.15) is 33.2 Å². The molecule has 1 aliphatic rings. The fourth-order valence-corrected chi connectivity index (χ4v) is 3.43.